The van der Waals surface area contributed by atoms with Gasteiger partial charge in [-0.3, -0.25) is 4.79 Å². The van der Waals surface area contributed by atoms with E-state index in [2.05, 4.69) is 15.9 Å². The Morgan fingerprint density at radius 3 is 2.79 bits per heavy atom. The molecule has 1 atom stereocenters. The van der Waals surface area contributed by atoms with Crippen molar-refractivity contribution in [2.24, 2.45) is 0 Å². The molecule has 19 heavy (non-hydrogen) atoms. The van der Waals surface area contributed by atoms with E-state index in [9.17, 15) is 9.90 Å². The Balaban J connectivity index is 2.31. The van der Waals surface area contributed by atoms with E-state index in [0.29, 0.717) is 12.1 Å². The molecule has 1 aliphatic rings. The molecule has 4 heteroatoms. The fourth-order valence-electron chi connectivity index (χ4n) is 2.70. The molecule has 104 valence electrons. The highest BCUT2D eigenvalue weighted by Crippen LogP contribution is 2.30. The summed E-state index contributed by atoms with van der Waals surface area (Å²) in [5.41, 5.74) is 0.879. The maximum absolute atomic E-state index is 12.7. The van der Waals surface area contributed by atoms with Crippen LogP contribution in [0.1, 0.15) is 42.6 Å². The average molecular weight is 326 g/mol. The molecule has 1 unspecified atom stereocenters. The van der Waals surface area contributed by atoms with Crippen molar-refractivity contribution < 1.29 is 9.90 Å². The first-order chi connectivity index (χ1) is 8.80. The Morgan fingerprint density at radius 1 is 1.47 bits per heavy atom. The maximum Gasteiger partial charge on any atom is 0.255 e. The number of likely N-dealkylation sites (tertiary alicyclic amines) is 1. The number of aryl methyl sites for hydroxylation is 1. The molecule has 0 aromatic heterocycles. The number of benzene rings is 1. The van der Waals surface area contributed by atoms with Gasteiger partial charge in [-0.15, -0.1) is 0 Å². The molecule has 1 aliphatic heterocycles. The summed E-state index contributed by atoms with van der Waals surface area (Å²) in [5, 5.41) is 10.2. The second-order valence-corrected chi connectivity index (χ2v) is 6.65. The number of amides is 1. The molecular formula is C15H20BrNO2. The van der Waals surface area contributed by atoms with Crippen molar-refractivity contribution in [3.05, 3.63) is 33.8 Å². The van der Waals surface area contributed by atoms with Crippen LogP contribution in [0, 0.1) is 6.92 Å². The summed E-state index contributed by atoms with van der Waals surface area (Å²) in [7, 11) is 0. The summed E-state index contributed by atoms with van der Waals surface area (Å²) in [4.78, 5) is 14.5. The van der Waals surface area contributed by atoms with Crippen LogP contribution >= 0.6 is 15.9 Å². The number of hydrogen-bond donors (Lipinski definition) is 1. The van der Waals surface area contributed by atoms with Gasteiger partial charge in [0, 0.05) is 11.0 Å². The minimum atomic E-state index is -0.859. The van der Waals surface area contributed by atoms with Crippen molar-refractivity contribution in [3.8, 4) is 0 Å². The summed E-state index contributed by atoms with van der Waals surface area (Å²) in [5.74, 6) is 0.000185. The van der Waals surface area contributed by atoms with Crippen molar-refractivity contribution in [1.29, 1.82) is 0 Å². The van der Waals surface area contributed by atoms with Gasteiger partial charge in [-0.25, -0.2) is 0 Å². The topological polar surface area (TPSA) is 40.5 Å². The molecule has 0 bridgehead atoms. The first kappa shape index (κ1) is 14.5. The predicted octanol–water partition coefficient (Wildman–Crippen LogP) is 3.13. The van der Waals surface area contributed by atoms with E-state index in [1.807, 2.05) is 25.1 Å². The molecular weight excluding hydrogens is 306 g/mol. The maximum atomic E-state index is 12.7. The molecule has 1 aromatic rings. The van der Waals surface area contributed by atoms with Crippen molar-refractivity contribution >= 4 is 21.8 Å². The lowest BCUT2D eigenvalue weighted by Crippen LogP contribution is -2.48. The minimum Gasteiger partial charge on any atom is -0.388 e. The molecule has 0 radical (unpaired) electrons. The van der Waals surface area contributed by atoms with Crippen molar-refractivity contribution in [2.45, 2.75) is 45.3 Å². The Labute approximate surface area is 122 Å². The first-order valence-corrected chi connectivity index (χ1v) is 7.39. The van der Waals surface area contributed by atoms with E-state index in [4.69, 9.17) is 0 Å². The highest BCUT2D eigenvalue weighted by atomic mass is 79.9. The SMILES string of the molecule is Cc1ccc(Br)c(C(=O)N2CCCC2C(C)(C)O)c1. The zero-order chi connectivity index (χ0) is 14.2. The molecule has 0 aliphatic carbocycles. The fourth-order valence-corrected chi connectivity index (χ4v) is 3.12. The molecule has 1 heterocycles. The van der Waals surface area contributed by atoms with E-state index >= 15 is 0 Å². The van der Waals surface area contributed by atoms with E-state index in [1.54, 1.807) is 18.7 Å². The molecule has 0 saturated carbocycles. The lowest BCUT2D eigenvalue weighted by molar-refractivity contribution is 0.000298. The van der Waals surface area contributed by atoms with Crippen molar-refractivity contribution in [1.82, 2.24) is 4.90 Å². The molecule has 1 amide bonds. The van der Waals surface area contributed by atoms with Gasteiger partial charge in [0.15, 0.2) is 0 Å². The third kappa shape index (κ3) is 3.00. The van der Waals surface area contributed by atoms with E-state index in [-0.39, 0.29) is 11.9 Å². The normalized spacial score (nSPS) is 19.8. The lowest BCUT2D eigenvalue weighted by atomic mass is 9.96. The number of carbonyl (C=O) groups excluding carboxylic acids is 1. The number of hydrogen-bond acceptors (Lipinski definition) is 2. The number of nitrogens with zero attached hydrogens (tertiary/aromatic N) is 1. The second-order valence-electron chi connectivity index (χ2n) is 5.79. The van der Waals surface area contributed by atoms with Crippen LogP contribution in [0.15, 0.2) is 22.7 Å². The monoisotopic (exact) mass is 325 g/mol. The molecule has 3 nitrogen and oxygen atoms in total. The number of aliphatic hydroxyl groups is 1. The number of halogens is 1. The van der Waals surface area contributed by atoms with Crippen LogP contribution in [0.25, 0.3) is 0 Å². The van der Waals surface area contributed by atoms with Crippen LogP contribution < -0.4 is 0 Å². The molecule has 1 aromatic carbocycles. The van der Waals surface area contributed by atoms with Crippen molar-refractivity contribution in [2.75, 3.05) is 6.54 Å². The highest BCUT2D eigenvalue weighted by molar-refractivity contribution is 9.10. The van der Waals surface area contributed by atoms with Crippen LogP contribution in [-0.4, -0.2) is 34.1 Å². The average Bonchev–Trinajstić information content (AvgIpc) is 2.80. The Hall–Kier alpha value is -0.870. The van der Waals surface area contributed by atoms with Gasteiger partial charge in [0.1, 0.15) is 0 Å². The van der Waals surface area contributed by atoms with Gasteiger partial charge >= 0.3 is 0 Å². The van der Waals surface area contributed by atoms with Gasteiger partial charge in [-0.05, 0) is 61.7 Å². The lowest BCUT2D eigenvalue weighted by Gasteiger charge is -2.34. The van der Waals surface area contributed by atoms with E-state index in [1.165, 1.54) is 0 Å². The van der Waals surface area contributed by atoms with Gasteiger partial charge in [-0.1, -0.05) is 11.6 Å². The summed E-state index contributed by atoms with van der Waals surface area (Å²) in [6.07, 6.45) is 1.81. The highest BCUT2D eigenvalue weighted by Gasteiger charge is 2.39. The quantitative estimate of drug-likeness (QED) is 0.907. The largest absolute Gasteiger partial charge is 0.388 e. The third-order valence-electron chi connectivity index (χ3n) is 3.68. The Bertz CT molecular complexity index is 493. The van der Waals surface area contributed by atoms with E-state index in [0.717, 1.165) is 22.9 Å². The van der Waals surface area contributed by atoms with Crippen molar-refractivity contribution in [3.63, 3.8) is 0 Å². The molecule has 1 N–H and O–H groups in total. The summed E-state index contributed by atoms with van der Waals surface area (Å²) in [6, 6.07) is 5.66. The molecule has 0 spiro atoms. The third-order valence-corrected chi connectivity index (χ3v) is 4.37. The fraction of sp³-hybridized carbons (Fsp3) is 0.533. The van der Waals surface area contributed by atoms with Gasteiger partial charge in [0.2, 0.25) is 0 Å². The standard InChI is InChI=1S/C15H20BrNO2/c1-10-6-7-12(16)11(9-10)14(18)17-8-4-5-13(17)15(2,3)19/h6-7,9,13,19H,4-5,8H2,1-3H3. The zero-order valence-corrected chi connectivity index (χ0v) is 13.2. The Kier molecular flexibility index (Phi) is 4.02. The van der Waals surface area contributed by atoms with Gasteiger partial charge < -0.3 is 10.0 Å². The summed E-state index contributed by atoms with van der Waals surface area (Å²) < 4.78 is 0.810. The van der Waals surface area contributed by atoms with E-state index < -0.39 is 5.60 Å². The van der Waals surface area contributed by atoms with Crippen LogP contribution in [-0.2, 0) is 0 Å². The second kappa shape index (κ2) is 5.25. The van der Waals surface area contributed by atoms with Gasteiger partial charge in [0.25, 0.3) is 5.91 Å². The zero-order valence-electron chi connectivity index (χ0n) is 11.6. The van der Waals surface area contributed by atoms with Crippen LogP contribution in [0.3, 0.4) is 0 Å². The smallest absolute Gasteiger partial charge is 0.255 e. The minimum absolute atomic E-state index is 0.000185. The van der Waals surface area contributed by atoms with Gasteiger partial charge in [-0.2, -0.15) is 0 Å². The Morgan fingerprint density at radius 2 is 2.16 bits per heavy atom. The summed E-state index contributed by atoms with van der Waals surface area (Å²) >= 11 is 3.44. The van der Waals surface area contributed by atoms with Crippen LogP contribution in [0.5, 0.6) is 0 Å². The summed E-state index contributed by atoms with van der Waals surface area (Å²) in [6.45, 7) is 6.23. The van der Waals surface area contributed by atoms with Gasteiger partial charge in [0.05, 0.1) is 17.2 Å². The number of carbonyl (C=O) groups is 1. The first-order valence-electron chi connectivity index (χ1n) is 6.60. The number of rotatable bonds is 2. The molecule has 1 saturated heterocycles. The van der Waals surface area contributed by atoms with Crippen LogP contribution in [0.2, 0.25) is 0 Å². The molecule has 1 fully saturated rings. The van der Waals surface area contributed by atoms with Crippen LogP contribution in [0.4, 0.5) is 0 Å². The predicted molar refractivity (Wildman–Crippen MR) is 79.2 cm³/mol. The molecule has 2 rings (SSSR count).